The Morgan fingerprint density at radius 3 is 2.62 bits per heavy atom. The maximum Gasteiger partial charge on any atom is 0.260 e. The van der Waals surface area contributed by atoms with E-state index in [1.54, 1.807) is 6.92 Å². The van der Waals surface area contributed by atoms with Gasteiger partial charge in [0.05, 0.1) is 0 Å². The van der Waals surface area contributed by atoms with Crippen molar-refractivity contribution in [3.05, 3.63) is 29.3 Å². The van der Waals surface area contributed by atoms with Crippen LogP contribution in [-0.4, -0.2) is 24.6 Å². The molecular weight excluding hydrogens is 264 g/mol. The lowest BCUT2D eigenvalue weighted by atomic mass is 10.1. The molecule has 2 N–H and O–H groups in total. The summed E-state index contributed by atoms with van der Waals surface area (Å²) in [6.45, 7) is 11.5. The van der Waals surface area contributed by atoms with Gasteiger partial charge in [0.1, 0.15) is 5.75 Å². The molecule has 0 aromatic heterocycles. The summed E-state index contributed by atoms with van der Waals surface area (Å²) >= 11 is 0. The Balaban J connectivity index is 2.78. The van der Waals surface area contributed by atoms with Crippen LogP contribution in [0.5, 0.6) is 5.75 Å². The van der Waals surface area contributed by atoms with E-state index in [0.717, 1.165) is 36.4 Å². The molecule has 0 saturated heterocycles. The topological polar surface area (TPSA) is 50.4 Å². The first kappa shape index (κ1) is 17.5. The molecule has 1 aromatic rings. The van der Waals surface area contributed by atoms with Crippen LogP contribution in [0.25, 0.3) is 0 Å². The minimum Gasteiger partial charge on any atom is -0.480 e. The zero-order valence-electron chi connectivity index (χ0n) is 13.8. The van der Waals surface area contributed by atoms with Gasteiger partial charge in [0.25, 0.3) is 5.91 Å². The number of benzene rings is 1. The average molecular weight is 292 g/mol. The second-order valence-electron chi connectivity index (χ2n) is 5.66. The number of rotatable bonds is 8. The van der Waals surface area contributed by atoms with E-state index in [0.29, 0.717) is 0 Å². The number of hydrogen-bond acceptors (Lipinski definition) is 3. The van der Waals surface area contributed by atoms with Gasteiger partial charge >= 0.3 is 0 Å². The third-order valence-electron chi connectivity index (χ3n) is 3.13. The van der Waals surface area contributed by atoms with Gasteiger partial charge in [-0.25, -0.2) is 0 Å². The van der Waals surface area contributed by atoms with Gasteiger partial charge in [0.2, 0.25) is 0 Å². The van der Waals surface area contributed by atoms with Gasteiger partial charge in [-0.05, 0) is 46.2 Å². The molecule has 1 aromatic carbocycles. The number of aryl methyl sites for hydroxylation is 1. The van der Waals surface area contributed by atoms with Crippen molar-refractivity contribution >= 4 is 5.91 Å². The largest absolute Gasteiger partial charge is 0.480 e. The molecule has 0 aliphatic carbocycles. The molecule has 0 spiro atoms. The van der Waals surface area contributed by atoms with E-state index in [9.17, 15) is 4.79 Å². The summed E-state index contributed by atoms with van der Waals surface area (Å²) in [6, 6.07) is 6.18. The molecule has 1 rings (SSSR count). The summed E-state index contributed by atoms with van der Waals surface area (Å²) in [4.78, 5) is 12.0. The van der Waals surface area contributed by atoms with Crippen molar-refractivity contribution in [1.82, 2.24) is 10.6 Å². The molecule has 118 valence electrons. The summed E-state index contributed by atoms with van der Waals surface area (Å²) in [5.74, 6) is 0.730. The van der Waals surface area contributed by atoms with E-state index in [-0.39, 0.29) is 11.9 Å². The molecule has 21 heavy (non-hydrogen) atoms. The molecule has 0 radical (unpaired) electrons. The van der Waals surface area contributed by atoms with Gasteiger partial charge in [-0.2, -0.15) is 0 Å². The monoisotopic (exact) mass is 292 g/mol. The molecule has 4 heteroatoms. The molecule has 0 aliphatic heterocycles. The number of ether oxygens (including phenoxy) is 1. The quantitative estimate of drug-likeness (QED) is 0.724. The van der Waals surface area contributed by atoms with E-state index in [1.165, 1.54) is 0 Å². The van der Waals surface area contributed by atoms with E-state index >= 15 is 0 Å². The van der Waals surface area contributed by atoms with Crippen LogP contribution >= 0.6 is 0 Å². The Morgan fingerprint density at radius 2 is 2.00 bits per heavy atom. The number of hydrogen-bond donors (Lipinski definition) is 2. The minimum atomic E-state index is -0.501. The molecular formula is C17H28N2O2. The maximum absolute atomic E-state index is 12.0. The van der Waals surface area contributed by atoms with Gasteiger partial charge in [0, 0.05) is 18.2 Å². The van der Waals surface area contributed by atoms with Gasteiger partial charge in [-0.1, -0.05) is 25.1 Å². The maximum atomic E-state index is 12.0. The van der Waals surface area contributed by atoms with E-state index in [4.69, 9.17) is 4.74 Å². The Labute approximate surface area is 128 Å². The van der Waals surface area contributed by atoms with Crippen LogP contribution in [0, 0.1) is 6.92 Å². The van der Waals surface area contributed by atoms with Crippen molar-refractivity contribution in [2.75, 3.05) is 6.54 Å². The summed E-state index contributed by atoms with van der Waals surface area (Å²) in [5.41, 5.74) is 2.14. The summed E-state index contributed by atoms with van der Waals surface area (Å²) in [5, 5.41) is 6.25. The average Bonchev–Trinajstić information content (AvgIpc) is 2.41. The van der Waals surface area contributed by atoms with Crippen LogP contribution in [0.15, 0.2) is 18.2 Å². The van der Waals surface area contributed by atoms with Crippen LogP contribution in [-0.2, 0) is 11.3 Å². The van der Waals surface area contributed by atoms with Crippen LogP contribution in [0.4, 0.5) is 0 Å². The molecule has 1 amide bonds. The first-order valence-electron chi connectivity index (χ1n) is 7.72. The second kappa shape index (κ2) is 8.67. The Hall–Kier alpha value is -1.55. The molecule has 0 aliphatic rings. The molecule has 1 unspecified atom stereocenters. The van der Waals surface area contributed by atoms with Gasteiger partial charge in [0.15, 0.2) is 6.10 Å². The fourth-order valence-electron chi connectivity index (χ4n) is 2.05. The Morgan fingerprint density at radius 1 is 1.29 bits per heavy atom. The van der Waals surface area contributed by atoms with Gasteiger partial charge in [-0.15, -0.1) is 0 Å². The van der Waals surface area contributed by atoms with Crippen molar-refractivity contribution in [3.63, 3.8) is 0 Å². The highest BCUT2D eigenvalue weighted by atomic mass is 16.5. The lowest BCUT2D eigenvalue weighted by Crippen LogP contribution is -2.40. The lowest BCUT2D eigenvalue weighted by Gasteiger charge is -2.20. The van der Waals surface area contributed by atoms with Crippen molar-refractivity contribution < 1.29 is 9.53 Å². The molecule has 0 heterocycles. The zero-order valence-corrected chi connectivity index (χ0v) is 13.8. The van der Waals surface area contributed by atoms with E-state index in [2.05, 4.69) is 17.6 Å². The highest BCUT2D eigenvalue weighted by molar-refractivity contribution is 5.81. The van der Waals surface area contributed by atoms with Crippen molar-refractivity contribution in [2.45, 2.75) is 59.7 Å². The third-order valence-corrected chi connectivity index (χ3v) is 3.13. The molecule has 1 atom stereocenters. The SMILES string of the molecule is CCCNCc1cccc(C)c1OC(C)C(=O)NC(C)C. The zero-order chi connectivity index (χ0) is 15.8. The fraction of sp³-hybridized carbons (Fsp3) is 0.588. The van der Waals surface area contributed by atoms with E-state index < -0.39 is 6.10 Å². The van der Waals surface area contributed by atoms with Crippen LogP contribution in [0.3, 0.4) is 0 Å². The van der Waals surface area contributed by atoms with Gasteiger partial charge < -0.3 is 15.4 Å². The molecule has 0 fully saturated rings. The lowest BCUT2D eigenvalue weighted by molar-refractivity contribution is -0.127. The van der Waals surface area contributed by atoms with Crippen LogP contribution in [0.1, 0.15) is 45.2 Å². The summed E-state index contributed by atoms with van der Waals surface area (Å²) in [6.07, 6.45) is 0.591. The fourth-order valence-corrected chi connectivity index (χ4v) is 2.05. The summed E-state index contributed by atoms with van der Waals surface area (Å²) < 4.78 is 5.92. The first-order valence-corrected chi connectivity index (χ1v) is 7.72. The normalized spacial score (nSPS) is 12.3. The smallest absolute Gasteiger partial charge is 0.260 e. The number of amides is 1. The van der Waals surface area contributed by atoms with Crippen molar-refractivity contribution in [1.29, 1.82) is 0 Å². The Kier molecular flexibility index (Phi) is 7.23. The van der Waals surface area contributed by atoms with E-state index in [1.807, 2.05) is 39.0 Å². The number of nitrogens with one attached hydrogen (secondary N) is 2. The highest BCUT2D eigenvalue weighted by Crippen LogP contribution is 2.24. The summed E-state index contributed by atoms with van der Waals surface area (Å²) in [7, 11) is 0. The number of carbonyl (C=O) groups is 1. The van der Waals surface area contributed by atoms with Crippen molar-refractivity contribution in [2.24, 2.45) is 0 Å². The van der Waals surface area contributed by atoms with Crippen LogP contribution < -0.4 is 15.4 Å². The molecule has 4 nitrogen and oxygen atoms in total. The predicted molar refractivity (Wildman–Crippen MR) is 86.5 cm³/mol. The molecule has 0 saturated carbocycles. The second-order valence-corrected chi connectivity index (χ2v) is 5.66. The third kappa shape index (κ3) is 5.76. The van der Waals surface area contributed by atoms with Crippen LogP contribution in [0.2, 0.25) is 0 Å². The number of para-hydroxylation sites is 1. The standard InChI is InChI=1S/C17H28N2O2/c1-6-10-18-11-15-9-7-8-13(4)16(15)21-14(5)17(20)19-12(2)3/h7-9,12,14,18H,6,10-11H2,1-5H3,(H,19,20). The van der Waals surface area contributed by atoms with Crippen molar-refractivity contribution in [3.8, 4) is 5.75 Å². The Bertz CT molecular complexity index is 458. The minimum absolute atomic E-state index is 0.0827. The number of carbonyl (C=O) groups excluding carboxylic acids is 1. The van der Waals surface area contributed by atoms with Gasteiger partial charge in [-0.3, -0.25) is 4.79 Å². The highest BCUT2D eigenvalue weighted by Gasteiger charge is 2.18. The predicted octanol–water partition coefficient (Wildman–Crippen LogP) is 2.79. The molecule has 0 bridgehead atoms. The first-order chi connectivity index (χ1) is 9.95.